The Balaban J connectivity index is 2.14. The van der Waals surface area contributed by atoms with E-state index >= 15 is 0 Å². The fourth-order valence-electron chi connectivity index (χ4n) is 1.73. The molecular formula is C14H23BrN2O. The zero-order valence-electron chi connectivity index (χ0n) is 11.3. The number of nitrogens with zero attached hydrogens (tertiary/aromatic N) is 1. The summed E-state index contributed by atoms with van der Waals surface area (Å²) in [6.07, 6.45) is 1.07. The van der Waals surface area contributed by atoms with Gasteiger partial charge in [-0.1, -0.05) is 34.1 Å². The lowest BCUT2D eigenvalue weighted by Gasteiger charge is -2.17. The Kier molecular flexibility index (Phi) is 8.25. The summed E-state index contributed by atoms with van der Waals surface area (Å²) in [6.45, 7) is 4.90. The summed E-state index contributed by atoms with van der Waals surface area (Å²) < 4.78 is 6.19. The molecule has 102 valence electrons. The van der Waals surface area contributed by atoms with Crippen LogP contribution in [0.4, 0.5) is 0 Å². The van der Waals surface area contributed by atoms with Gasteiger partial charge in [-0.05, 0) is 31.6 Å². The summed E-state index contributed by atoms with van der Waals surface area (Å²) in [5.74, 6) is 0. The van der Waals surface area contributed by atoms with Gasteiger partial charge in [-0.25, -0.2) is 0 Å². The van der Waals surface area contributed by atoms with Gasteiger partial charge in [-0.15, -0.1) is 0 Å². The smallest absolute Gasteiger partial charge is 0.0474 e. The highest BCUT2D eigenvalue weighted by atomic mass is 79.9. The van der Waals surface area contributed by atoms with Crippen LogP contribution < -0.4 is 5.32 Å². The van der Waals surface area contributed by atoms with Crippen LogP contribution in [0, 0.1) is 0 Å². The van der Waals surface area contributed by atoms with E-state index in [2.05, 4.69) is 51.4 Å². The molecule has 0 aliphatic rings. The Labute approximate surface area is 119 Å². The van der Waals surface area contributed by atoms with Crippen molar-refractivity contribution in [1.82, 2.24) is 10.2 Å². The fraction of sp³-hybridized carbons (Fsp3) is 0.571. The van der Waals surface area contributed by atoms with Gasteiger partial charge in [0, 0.05) is 37.8 Å². The maximum absolute atomic E-state index is 5.01. The topological polar surface area (TPSA) is 24.5 Å². The second-order valence-electron chi connectivity index (χ2n) is 4.43. The lowest BCUT2D eigenvalue weighted by atomic mass is 10.2. The molecule has 0 heterocycles. The van der Waals surface area contributed by atoms with Crippen LogP contribution >= 0.6 is 15.9 Å². The number of rotatable bonds is 9. The Morgan fingerprint density at radius 3 is 2.78 bits per heavy atom. The average molecular weight is 315 g/mol. The highest BCUT2D eigenvalue weighted by molar-refractivity contribution is 9.10. The molecule has 0 aliphatic heterocycles. The van der Waals surface area contributed by atoms with Crippen LogP contribution in [-0.2, 0) is 11.3 Å². The normalized spacial score (nSPS) is 11.1. The molecule has 0 saturated heterocycles. The Morgan fingerprint density at radius 2 is 2.06 bits per heavy atom. The third-order valence-electron chi connectivity index (χ3n) is 2.77. The standard InChI is InChI=1S/C14H23BrN2O/c1-17(10-9-16-8-5-11-18-2)12-13-6-3-4-7-14(13)15/h3-4,6-7,16H,5,8-12H2,1-2H3. The van der Waals surface area contributed by atoms with Crippen LogP contribution in [0.1, 0.15) is 12.0 Å². The molecule has 18 heavy (non-hydrogen) atoms. The van der Waals surface area contributed by atoms with Crippen molar-refractivity contribution >= 4 is 15.9 Å². The zero-order valence-corrected chi connectivity index (χ0v) is 12.9. The van der Waals surface area contributed by atoms with E-state index in [4.69, 9.17) is 4.74 Å². The lowest BCUT2D eigenvalue weighted by Crippen LogP contribution is -2.29. The number of halogens is 1. The van der Waals surface area contributed by atoms with Gasteiger partial charge in [0.05, 0.1) is 0 Å². The van der Waals surface area contributed by atoms with E-state index in [0.717, 1.165) is 39.2 Å². The molecule has 0 spiro atoms. The number of hydrogen-bond donors (Lipinski definition) is 1. The van der Waals surface area contributed by atoms with Gasteiger partial charge in [-0.2, -0.15) is 0 Å². The van der Waals surface area contributed by atoms with Gasteiger partial charge in [-0.3, -0.25) is 0 Å². The monoisotopic (exact) mass is 314 g/mol. The Bertz CT molecular complexity index is 333. The molecule has 0 bridgehead atoms. The second kappa shape index (κ2) is 9.50. The predicted octanol–water partition coefficient (Wildman–Crippen LogP) is 2.51. The number of hydrogen-bond acceptors (Lipinski definition) is 3. The summed E-state index contributed by atoms with van der Waals surface area (Å²) in [5.41, 5.74) is 1.33. The van der Waals surface area contributed by atoms with Crippen LogP contribution in [-0.4, -0.2) is 45.3 Å². The predicted molar refractivity (Wildman–Crippen MR) is 79.8 cm³/mol. The van der Waals surface area contributed by atoms with Gasteiger partial charge in [0.15, 0.2) is 0 Å². The van der Waals surface area contributed by atoms with Crippen LogP contribution in [0.25, 0.3) is 0 Å². The molecule has 0 fully saturated rings. The zero-order chi connectivity index (χ0) is 13.2. The summed E-state index contributed by atoms with van der Waals surface area (Å²) in [4.78, 5) is 2.32. The van der Waals surface area contributed by atoms with Gasteiger partial charge < -0.3 is 15.0 Å². The number of benzene rings is 1. The molecule has 1 aromatic carbocycles. The summed E-state index contributed by atoms with van der Waals surface area (Å²) in [6, 6.07) is 8.38. The maximum atomic E-state index is 5.01. The maximum Gasteiger partial charge on any atom is 0.0474 e. The van der Waals surface area contributed by atoms with Crippen molar-refractivity contribution in [2.45, 2.75) is 13.0 Å². The van der Waals surface area contributed by atoms with Crippen molar-refractivity contribution in [3.8, 4) is 0 Å². The first-order valence-electron chi connectivity index (χ1n) is 6.35. The minimum atomic E-state index is 0.833. The second-order valence-corrected chi connectivity index (χ2v) is 5.28. The highest BCUT2D eigenvalue weighted by Crippen LogP contribution is 2.16. The van der Waals surface area contributed by atoms with E-state index < -0.39 is 0 Å². The Morgan fingerprint density at radius 1 is 1.28 bits per heavy atom. The molecule has 1 N–H and O–H groups in total. The molecule has 0 amide bonds. The van der Waals surface area contributed by atoms with Crippen LogP contribution in [0.15, 0.2) is 28.7 Å². The number of methoxy groups -OCH3 is 1. The van der Waals surface area contributed by atoms with Gasteiger partial charge in [0.25, 0.3) is 0 Å². The van der Waals surface area contributed by atoms with Crippen molar-refractivity contribution in [2.24, 2.45) is 0 Å². The molecule has 0 atom stereocenters. The van der Waals surface area contributed by atoms with Crippen LogP contribution in [0.2, 0.25) is 0 Å². The first-order valence-corrected chi connectivity index (χ1v) is 7.15. The largest absolute Gasteiger partial charge is 0.385 e. The molecule has 0 radical (unpaired) electrons. The molecule has 1 aromatic rings. The fourth-order valence-corrected chi connectivity index (χ4v) is 2.14. The van der Waals surface area contributed by atoms with Crippen LogP contribution in [0.5, 0.6) is 0 Å². The molecule has 0 aromatic heterocycles. The summed E-state index contributed by atoms with van der Waals surface area (Å²) in [5, 5.41) is 3.42. The van der Waals surface area contributed by atoms with Crippen LogP contribution in [0.3, 0.4) is 0 Å². The van der Waals surface area contributed by atoms with Crippen molar-refractivity contribution in [1.29, 1.82) is 0 Å². The van der Waals surface area contributed by atoms with Gasteiger partial charge in [0.1, 0.15) is 0 Å². The van der Waals surface area contributed by atoms with Crippen molar-refractivity contribution in [3.05, 3.63) is 34.3 Å². The highest BCUT2D eigenvalue weighted by Gasteiger charge is 2.02. The van der Waals surface area contributed by atoms with Crippen molar-refractivity contribution < 1.29 is 4.74 Å². The van der Waals surface area contributed by atoms with E-state index in [1.165, 1.54) is 10.0 Å². The molecule has 0 unspecified atom stereocenters. The van der Waals surface area contributed by atoms with E-state index in [1.54, 1.807) is 7.11 Å². The average Bonchev–Trinajstić information content (AvgIpc) is 2.36. The van der Waals surface area contributed by atoms with E-state index in [1.807, 2.05) is 6.07 Å². The molecule has 0 saturated carbocycles. The lowest BCUT2D eigenvalue weighted by molar-refractivity contribution is 0.194. The third kappa shape index (κ3) is 6.50. The molecule has 0 aliphatic carbocycles. The molecule has 3 nitrogen and oxygen atoms in total. The van der Waals surface area contributed by atoms with Gasteiger partial charge >= 0.3 is 0 Å². The van der Waals surface area contributed by atoms with E-state index in [-0.39, 0.29) is 0 Å². The Hall–Kier alpha value is -0.420. The first-order chi connectivity index (χ1) is 8.74. The number of nitrogens with one attached hydrogen (secondary N) is 1. The van der Waals surface area contributed by atoms with Gasteiger partial charge in [0.2, 0.25) is 0 Å². The van der Waals surface area contributed by atoms with E-state index in [0.29, 0.717) is 0 Å². The van der Waals surface area contributed by atoms with Crippen molar-refractivity contribution in [2.75, 3.05) is 40.4 Å². The number of ether oxygens (including phenoxy) is 1. The minimum absolute atomic E-state index is 0.833. The first kappa shape index (κ1) is 15.6. The summed E-state index contributed by atoms with van der Waals surface area (Å²) >= 11 is 3.58. The minimum Gasteiger partial charge on any atom is -0.385 e. The molecule has 1 rings (SSSR count). The van der Waals surface area contributed by atoms with E-state index in [9.17, 15) is 0 Å². The SMILES string of the molecule is COCCCNCCN(C)Cc1ccccc1Br. The number of likely N-dealkylation sites (N-methyl/N-ethyl adjacent to an activating group) is 1. The molecule has 4 heteroatoms. The quantitative estimate of drug-likeness (QED) is 0.709. The van der Waals surface area contributed by atoms with Crippen molar-refractivity contribution in [3.63, 3.8) is 0 Å². The third-order valence-corrected chi connectivity index (χ3v) is 3.54. The summed E-state index contributed by atoms with van der Waals surface area (Å²) in [7, 11) is 3.89. The molecular weight excluding hydrogens is 292 g/mol.